The van der Waals surface area contributed by atoms with Crippen molar-refractivity contribution in [3.8, 4) is 11.1 Å². The smallest absolute Gasteiger partial charge is 0.266 e. The number of carbonyl (C=O) groups excluding carboxylic acids is 1. The van der Waals surface area contributed by atoms with Gasteiger partial charge in [0.1, 0.15) is 4.83 Å². The highest BCUT2D eigenvalue weighted by atomic mass is 32.1. The minimum Gasteiger partial charge on any atom is -0.321 e. The number of aryl methyl sites for hydroxylation is 2. The molecular weight excluding hydrogens is 358 g/mol. The van der Waals surface area contributed by atoms with Crippen molar-refractivity contribution in [1.82, 2.24) is 9.55 Å². The standard InChI is InChI=1S/C21H17N3O2S/c1-13-17-20(22-12-24(2)21(17)26)27-18(13)19(25)23-16-10-8-15(9-11-16)14-6-4-3-5-7-14/h3-12H,1-2H3,(H,23,25). The van der Waals surface area contributed by atoms with Gasteiger partial charge >= 0.3 is 0 Å². The monoisotopic (exact) mass is 375 g/mol. The van der Waals surface area contributed by atoms with Crippen LogP contribution in [0, 0.1) is 6.92 Å². The normalized spacial score (nSPS) is 10.9. The molecule has 0 saturated heterocycles. The molecule has 0 aliphatic carbocycles. The van der Waals surface area contributed by atoms with Crippen LogP contribution in [0.1, 0.15) is 15.2 Å². The van der Waals surface area contributed by atoms with Gasteiger partial charge in [-0.3, -0.25) is 9.59 Å². The number of nitrogens with one attached hydrogen (secondary N) is 1. The first-order valence-electron chi connectivity index (χ1n) is 8.46. The summed E-state index contributed by atoms with van der Waals surface area (Å²) < 4.78 is 1.42. The molecule has 0 aliphatic heterocycles. The number of fused-ring (bicyclic) bond motifs is 1. The zero-order valence-electron chi connectivity index (χ0n) is 14.9. The van der Waals surface area contributed by atoms with Gasteiger partial charge in [0.2, 0.25) is 0 Å². The van der Waals surface area contributed by atoms with Gasteiger partial charge in [0.15, 0.2) is 0 Å². The average Bonchev–Trinajstić information content (AvgIpc) is 3.03. The van der Waals surface area contributed by atoms with Crippen molar-refractivity contribution in [3.05, 3.63) is 81.7 Å². The molecular formula is C21H17N3O2S. The van der Waals surface area contributed by atoms with Crippen LogP contribution in [0.3, 0.4) is 0 Å². The van der Waals surface area contributed by atoms with E-state index in [1.807, 2.05) is 54.6 Å². The van der Waals surface area contributed by atoms with E-state index < -0.39 is 0 Å². The van der Waals surface area contributed by atoms with Crippen LogP contribution in [-0.4, -0.2) is 15.5 Å². The van der Waals surface area contributed by atoms with Crippen LogP contribution in [0.4, 0.5) is 5.69 Å². The Morgan fingerprint density at radius 3 is 2.41 bits per heavy atom. The lowest BCUT2D eigenvalue weighted by atomic mass is 10.1. The minimum absolute atomic E-state index is 0.139. The second kappa shape index (κ2) is 6.81. The Kier molecular flexibility index (Phi) is 4.33. The van der Waals surface area contributed by atoms with Crippen LogP contribution < -0.4 is 10.9 Å². The molecule has 4 aromatic rings. The zero-order valence-corrected chi connectivity index (χ0v) is 15.7. The number of rotatable bonds is 3. The first-order chi connectivity index (χ1) is 13.0. The van der Waals surface area contributed by atoms with E-state index in [-0.39, 0.29) is 11.5 Å². The lowest BCUT2D eigenvalue weighted by Gasteiger charge is -2.06. The highest BCUT2D eigenvalue weighted by molar-refractivity contribution is 7.20. The first-order valence-corrected chi connectivity index (χ1v) is 9.28. The predicted molar refractivity (Wildman–Crippen MR) is 109 cm³/mol. The number of hydrogen-bond donors (Lipinski definition) is 1. The maximum atomic E-state index is 12.7. The molecule has 0 saturated carbocycles. The number of aromatic nitrogens is 2. The molecule has 5 nitrogen and oxygen atoms in total. The Morgan fingerprint density at radius 1 is 1.04 bits per heavy atom. The molecule has 0 atom stereocenters. The maximum absolute atomic E-state index is 12.7. The average molecular weight is 375 g/mol. The number of amides is 1. The van der Waals surface area contributed by atoms with E-state index in [0.29, 0.717) is 26.3 Å². The topological polar surface area (TPSA) is 64.0 Å². The molecule has 1 amide bonds. The van der Waals surface area contributed by atoms with E-state index in [0.717, 1.165) is 11.1 Å². The van der Waals surface area contributed by atoms with Crippen LogP contribution in [0.2, 0.25) is 0 Å². The number of benzene rings is 2. The molecule has 6 heteroatoms. The summed E-state index contributed by atoms with van der Waals surface area (Å²) in [6, 6.07) is 17.7. The van der Waals surface area contributed by atoms with Crippen molar-refractivity contribution < 1.29 is 4.79 Å². The number of nitrogens with zero attached hydrogens (tertiary/aromatic N) is 2. The summed E-state index contributed by atoms with van der Waals surface area (Å²) in [5, 5.41) is 3.42. The molecule has 0 spiro atoms. The Labute approximate surface area is 159 Å². The van der Waals surface area contributed by atoms with Crippen molar-refractivity contribution in [2.75, 3.05) is 5.32 Å². The van der Waals surface area contributed by atoms with Crippen molar-refractivity contribution in [3.63, 3.8) is 0 Å². The molecule has 2 heterocycles. The summed E-state index contributed by atoms with van der Waals surface area (Å²) in [5.74, 6) is -0.231. The third-order valence-electron chi connectivity index (χ3n) is 4.47. The van der Waals surface area contributed by atoms with E-state index in [2.05, 4.69) is 10.3 Å². The van der Waals surface area contributed by atoms with E-state index in [1.165, 1.54) is 22.2 Å². The minimum atomic E-state index is -0.231. The molecule has 2 aromatic carbocycles. The molecule has 27 heavy (non-hydrogen) atoms. The number of anilines is 1. The van der Waals surface area contributed by atoms with Crippen LogP contribution >= 0.6 is 11.3 Å². The highest BCUT2D eigenvalue weighted by Gasteiger charge is 2.19. The molecule has 0 unspecified atom stereocenters. The fourth-order valence-corrected chi connectivity index (χ4v) is 4.02. The van der Waals surface area contributed by atoms with Gasteiger partial charge in [-0.25, -0.2) is 4.98 Å². The molecule has 2 aromatic heterocycles. The fourth-order valence-electron chi connectivity index (χ4n) is 2.99. The van der Waals surface area contributed by atoms with Crippen LogP contribution in [0.15, 0.2) is 65.7 Å². The predicted octanol–water partition coefficient (Wildman–Crippen LogP) is 4.22. The van der Waals surface area contributed by atoms with E-state index in [9.17, 15) is 9.59 Å². The van der Waals surface area contributed by atoms with Crippen molar-refractivity contribution in [2.45, 2.75) is 6.92 Å². The molecule has 0 bridgehead atoms. The Morgan fingerprint density at radius 2 is 1.70 bits per heavy atom. The van der Waals surface area contributed by atoms with Crippen LogP contribution in [0.5, 0.6) is 0 Å². The fraction of sp³-hybridized carbons (Fsp3) is 0.0952. The number of hydrogen-bond acceptors (Lipinski definition) is 4. The van der Waals surface area contributed by atoms with Crippen LogP contribution in [-0.2, 0) is 7.05 Å². The lowest BCUT2D eigenvalue weighted by molar-refractivity contribution is 0.103. The Bertz CT molecular complexity index is 1190. The van der Waals surface area contributed by atoms with Gasteiger partial charge in [-0.2, -0.15) is 0 Å². The summed E-state index contributed by atoms with van der Waals surface area (Å²) in [4.78, 5) is 30.4. The summed E-state index contributed by atoms with van der Waals surface area (Å²) in [7, 11) is 1.65. The molecule has 0 fully saturated rings. The summed E-state index contributed by atoms with van der Waals surface area (Å²) in [5.41, 5.74) is 3.44. The van der Waals surface area contributed by atoms with Crippen molar-refractivity contribution in [1.29, 1.82) is 0 Å². The quantitative estimate of drug-likeness (QED) is 0.583. The van der Waals surface area contributed by atoms with E-state index >= 15 is 0 Å². The van der Waals surface area contributed by atoms with Gasteiger partial charge < -0.3 is 9.88 Å². The molecule has 0 radical (unpaired) electrons. The summed E-state index contributed by atoms with van der Waals surface area (Å²) in [6.07, 6.45) is 1.48. The zero-order chi connectivity index (χ0) is 19.0. The second-order valence-electron chi connectivity index (χ2n) is 6.29. The van der Waals surface area contributed by atoms with E-state index in [1.54, 1.807) is 14.0 Å². The molecule has 134 valence electrons. The number of carbonyl (C=O) groups is 1. The van der Waals surface area contributed by atoms with Gasteiger partial charge in [0.05, 0.1) is 16.6 Å². The molecule has 0 aliphatic rings. The third kappa shape index (κ3) is 3.15. The second-order valence-corrected chi connectivity index (χ2v) is 7.29. The van der Waals surface area contributed by atoms with Gasteiger partial charge in [-0.1, -0.05) is 42.5 Å². The van der Waals surface area contributed by atoms with Gasteiger partial charge in [-0.15, -0.1) is 11.3 Å². The largest absolute Gasteiger partial charge is 0.321 e. The number of thiophene rings is 1. The highest BCUT2D eigenvalue weighted by Crippen LogP contribution is 2.28. The SMILES string of the molecule is Cc1c(C(=O)Nc2ccc(-c3ccccc3)cc2)sc2ncn(C)c(=O)c12. The first kappa shape index (κ1) is 17.2. The van der Waals surface area contributed by atoms with Crippen molar-refractivity contribution >= 4 is 33.1 Å². The van der Waals surface area contributed by atoms with E-state index in [4.69, 9.17) is 0 Å². The Hall–Kier alpha value is -3.25. The molecule has 1 N–H and O–H groups in total. The van der Waals surface area contributed by atoms with Crippen molar-refractivity contribution in [2.24, 2.45) is 7.05 Å². The van der Waals surface area contributed by atoms with Crippen LogP contribution in [0.25, 0.3) is 21.3 Å². The maximum Gasteiger partial charge on any atom is 0.266 e. The van der Waals surface area contributed by atoms with Gasteiger partial charge in [0, 0.05) is 12.7 Å². The molecule has 4 rings (SSSR count). The van der Waals surface area contributed by atoms with Gasteiger partial charge in [-0.05, 0) is 35.7 Å². The third-order valence-corrected chi connectivity index (χ3v) is 5.67. The lowest BCUT2D eigenvalue weighted by Crippen LogP contribution is -2.17. The summed E-state index contributed by atoms with van der Waals surface area (Å²) in [6.45, 7) is 1.79. The summed E-state index contributed by atoms with van der Waals surface area (Å²) >= 11 is 1.24. The Balaban J connectivity index is 1.61. The van der Waals surface area contributed by atoms with Gasteiger partial charge in [0.25, 0.3) is 11.5 Å².